The Hall–Kier alpha value is -1.78. The molecule has 5 rings (SSSR count). The minimum atomic E-state index is -0.809. The summed E-state index contributed by atoms with van der Waals surface area (Å²) in [5.74, 6) is -0.914. The van der Waals surface area contributed by atoms with Crippen molar-refractivity contribution in [2.75, 3.05) is 26.3 Å². The highest BCUT2D eigenvalue weighted by Crippen LogP contribution is 2.44. The SMILES string of the molecule is CC1(C)O[C@@H]2[C@H](O1)[C@@H](C(=O)N1CCOCC1)O[C@H]2n1ccc2c(Cl)ncnc21. The lowest BCUT2D eigenvalue weighted by Crippen LogP contribution is -2.49. The molecule has 0 spiro atoms. The molecule has 4 atom stereocenters. The fourth-order valence-electron chi connectivity index (χ4n) is 4.11. The fraction of sp³-hybridized carbons (Fsp3) is 0.611. The van der Waals surface area contributed by atoms with E-state index in [-0.39, 0.29) is 5.91 Å². The van der Waals surface area contributed by atoms with Crippen molar-refractivity contribution in [1.82, 2.24) is 19.4 Å². The highest BCUT2D eigenvalue weighted by Gasteiger charge is 2.58. The number of carbonyl (C=O) groups is 1. The van der Waals surface area contributed by atoms with E-state index in [1.54, 1.807) is 4.90 Å². The number of nitrogens with zero attached hydrogens (tertiary/aromatic N) is 4. The van der Waals surface area contributed by atoms with E-state index in [9.17, 15) is 4.79 Å². The van der Waals surface area contributed by atoms with E-state index in [4.69, 9.17) is 30.5 Å². The molecule has 3 aliphatic heterocycles. The zero-order chi connectivity index (χ0) is 19.5. The second kappa shape index (κ2) is 6.64. The Balaban J connectivity index is 1.50. The molecule has 0 aromatic carbocycles. The van der Waals surface area contributed by atoms with E-state index in [1.165, 1.54) is 6.33 Å². The smallest absolute Gasteiger partial charge is 0.254 e. The van der Waals surface area contributed by atoms with Crippen LogP contribution in [0.1, 0.15) is 20.1 Å². The summed E-state index contributed by atoms with van der Waals surface area (Å²) in [5.41, 5.74) is 0.622. The van der Waals surface area contributed by atoms with Gasteiger partial charge in [-0.15, -0.1) is 0 Å². The van der Waals surface area contributed by atoms with Crippen LogP contribution in [0.25, 0.3) is 11.0 Å². The van der Waals surface area contributed by atoms with Gasteiger partial charge in [0, 0.05) is 19.3 Å². The van der Waals surface area contributed by atoms with E-state index < -0.39 is 30.3 Å². The van der Waals surface area contributed by atoms with Gasteiger partial charge in [-0.25, -0.2) is 9.97 Å². The van der Waals surface area contributed by atoms with Gasteiger partial charge in [-0.2, -0.15) is 0 Å². The minimum absolute atomic E-state index is 0.105. The number of carbonyl (C=O) groups excluding carboxylic acids is 1. The quantitative estimate of drug-likeness (QED) is 0.693. The number of fused-ring (bicyclic) bond motifs is 2. The third kappa shape index (κ3) is 2.89. The van der Waals surface area contributed by atoms with Crippen molar-refractivity contribution >= 4 is 28.5 Å². The number of rotatable bonds is 2. The molecular weight excluding hydrogens is 388 g/mol. The summed E-state index contributed by atoms with van der Waals surface area (Å²) in [6.07, 6.45) is 0.942. The summed E-state index contributed by atoms with van der Waals surface area (Å²) < 4.78 is 25.6. The van der Waals surface area contributed by atoms with Gasteiger partial charge in [0.25, 0.3) is 5.91 Å². The molecule has 1 amide bonds. The molecule has 0 saturated carbocycles. The second-order valence-electron chi connectivity index (χ2n) is 7.57. The van der Waals surface area contributed by atoms with Crippen LogP contribution in [0.5, 0.6) is 0 Å². The number of hydrogen-bond acceptors (Lipinski definition) is 7. The normalized spacial score (nSPS) is 32.0. The number of hydrogen-bond donors (Lipinski definition) is 0. The van der Waals surface area contributed by atoms with Crippen LogP contribution in [-0.4, -0.2) is 75.7 Å². The zero-order valence-electron chi connectivity index (χ0n) is 15.6. The molecule has 5 heterocycles. The maximum absolute atomic E-state index is 13.1. The number of morpholine rings is 1. The fourth-order valence-corrected chi connectivity index (χ4v) is 4.30. The summed E-state index contributed by atoms with van der Waals surface area (Å²) in [5, 5.41) is 1.08. The molecule has 2 aromatic rings. The molecule has 2 aromatic heterocycles. The van der Waals surface area contributed by atoms with Gasteiger partial charge >= 0.3 is 0 Å². The predicted molar refractivity (Wildman–Crippen MR) is 97.7 cm³/mol. The van der Waals surface area contributed by atoms with Crippen molar-refractivity contribution in [2.24, 2.45) is 0 Å². The second-order valence-corrected chi connectivity index (χ2v) is 7.93. The van der Waals surface area contributed by atoms with Crippen LogP contribution in [0.2, 0.25) is 5.15 Å². The molecule has 0 N–H and O–H groups in total. The molecule has 0 aliphatic carbocycles. The van der Waals surface area contributed by atoms with Gasteiger partial charge in [-0.3, -0.25) is 4.79 Å². The van der Waals surface area contributed by atoms with Crippen LogP contribution in [0.3, 0.4) is 0 Å². The van der Waals surface area contributed by atoms with Crippen molar-refractivity contribution < 1.29 is 23.7 Å². The molecule has 3 saturated heterocycles. The van der Waals surface area contributed by atoms with Crippen molar-refractivity contribution in [2.45, 2.75) is 44.2 Å². The molecule has 10 heteroatoms. The van der Waals surface area contributed by atoms with Gasteiger partial charge in [-0.05, 0) is 19.9 Å². The molecule has 3 fully saturated rings. The van der Waals surface area contributed by atoms with Crippen molar-refractivity contribution in [1.29, 1.82) is 0 Å². The summed E-state index contributed by atoms with van der Waals surface area (Å²) in [6.45, 7) is 5.81. The Morgan fingerprint density at radius 2 is 1.96 bits per heavy atom. The summed E-state index contributed by atoms with van der Waals surface area (Å²) in [4.78, 5) is 23.2. The first-order chi connectivity index (χ1) is 13.4. The highest BCUT2D eigenvalue weighted by molar-refractivity contribution is 6.33. The van der Waals surface area contributed by atoms with Gasteiger partial charge in [0.1, 0.15) is 29.3 Å². The van der Waals surface area contributed by atoms with Gasteiger partial charge in [-0.1, -0.05) is 11.6 Å². The van der Waals surface area contributed by atoms with Crippen LogP contribution < -0.4 is 0 Å². The Morgan fingerprint density at radius 1 is 1.21 bits per heavy atom. The van der Waals surface area contributed by atoms with Gasteiger partial charge in [0.2, 0.25) is 0 Å². The molecule has 9 nitrogen and oxygen atoms in total. The van der Waals surface area contributed by atoms with E-state index in [1.807, 2.05) is 30.7 Å². The summed E-state index contributed by atoms with van der Waals surface area (Å²) in [6, 6.07) is 1.83. The lowest BCUT2D eigenvalue weighted by atomic mass is 10.1. The van der Waals surface area contributed by atoms with Gasteiger partial charge < -0.3 is 28.4 Å². The summed E-state index contributed by atoms with van der Waals surface area (Å²) >= 11 is 6.18. The molecule has 0 bridgehead atoms. The first-order valence-electron chi connectivity index (χ1n) is 9.29. The lowest BCUT2D eigenvalue weighted by molar-refractivity contribution is -0.201. The Bertz CT molecular complexity index is 913. The van der Waals surface area contributed by atoms with Crippen LogP contribution in [0, 0.1) is 0 Å². The van der Waals surface area contributed by atoms with E-state index >= 15 is 0 Å². The molecule has 28 heavy (non-hydrogen) atoms. The Labute approximate surface area is 166 Å². The number of amides is 1. The molecule has 150 valence electrons. The van der Waals surface area contributed by atoms with Crippen molar-refractivity contribution in [3.8, 4) is 0 Å². The first kappa shape index (κ1) is 18.3. The highest BCUT2D eigenvalue weighted by atomic mass is 35.5. The summed E-state index contributed by atoms with van der Waals surface area (Å²) in [7, 11) is 0. The third-order valence-corrected chi connectivity index (χ3v) is 5.63. The van der Waals surface area contributed by atoms with Crippen LogP contribution in [-0.2, 0) is 23.7 Å². The number of halogens is 1. The molecule has 0 radical (unpaired) electrons. The number of aromatic nitrogens is 3. The van der Waals surface area contributed by atoms with E-state index in [0.717, 1.165) is 0 Å². The first-order valence-corrected chi connectivity index (χ1v) is 9.67. The molecular formula is C18H21ClN4O5. The van der Waals surface area contributed by atoms with Crippen LogP contribution in [0.4, 0.5) is 0 Å². The average Bonchev–Trinajstić information content (AvgIpc) is 3.33. The van der Waals surface area contributed by atoms with Crippen molar-refractivity contribution in [3.05, 3.63) is 23.7 Å². The van der Waals surface area contributed by atoms with E-state index in [2.05, 4.69) is 9.97 Å². The Morgan fingerprint density at radius 3 is 2.75 bits per heavy atom. The minimum Gasteiger partial charge on any atom is -0.378 e. The van der Waals surface area contributed by atoms with Gasteiger partial charge in [0.05, 0.1) is 18.6 Å². The topological polar surface area (TPSA) is 87.9 Å². The Kier molecular flexibility index (Phi) is 4.33. The molecule has 3 aliphatic rings. The monoisotopic (exact) mass is 408 g/mol. The van der Waals surface area contributed by atoms with Crippen LogP contribution in [0.15, 0.2) is 18.6 Å². The average molecular weight is 409 g/mol. The zero-order valence-corrected chi connectivity index (χ0v) is 16.3. The van der Waals surface area contributed by atoms with E-state index in [0.29, 0.717) is 42.5 Å². The maximum atomic E-state index is 13.1. The number of ether oxygens (including phenoxy) is 4. The lowest BCUT2D eigenvalue weighted by Gasteiger charge is -2.31. The predicted octanol–water partition coefficient (Wildman–Crippen LogP) is 1.36. The van der Waals surface area contributed by atoms with Gasteiger partial charge in [0.15, 0.2) is 18.1 Å². The standard InChI is InChI=1S/C18H21ClN4O5/c1-18(2)27-11-12(16(24)22-5-7-25-8-6-22)26-17(13(11)28-18)23-4-3-10-14(19)20-9-21-15(10)23/h3-4,9,11-13,17H,5-8H2,1-2H3/t11-,12+,13-,17-/m1/s1. The van der Waals surface area contributed by atoms with Crippen LogP contribution >= 0.6 is 11.6 Å². The third-order valence-electron chi connectivity index (χ3n) is 5.33. The maximum Gasteiger partial charge on any atom is 0.254 e. The van der Waals surface area contributed by atoms with Crippen molar-refractivity contribution in [3.63, 3.8) is 0 Å². The molecule has 0 unspecified atom stereocenters. The largest absolute Gasteiger partial charge is 0.378 e.